The molecule has 0 aromatic heterocycles. The summed E-state index contributed by atoms with van der Waals surface area (Å²) in [4.78, 5) is 28.9. The van der Waals surface area contributed by atoms with Crippen molar-refractivity contribution in [3.8, 4) is 0 Å². The Morgan fingerprint density at radius 3 is 2.42 bits per heavy atom. The van der Waals surface area contributed by atoms with Crippen LogP contribution >= 0.6 is 0 Å². The summed E-state index contributed by atoms with van der Waals surface area (Å²) in [7, 11) is 0. The molecule has 0 aliphatic carbocycles. The third kappa shape index (κ3) is 2.77. The van der Waals surface area contributed by atoms with E-state index in [1.807, 2.05) is 16.7 Å². The molecule has 4 nitrogen and oxygen atoms in total. The maximum Gasteiger partial charge on any atom is 0.246 e. The molecule has 0 spiro atoms. The summed E-state index contributed by atoms with van der Waals surface area (Å²) < 4.78 is 0. The molecule has 19 heavy (non-hydrogen) atoms. The van der Waals surface area contributed by atoms with Gasteiger partial charge in [0, 0.05) is 13.1 Å². The number of piperazine rings is 1. The van der Waals surface area contributed by atoms with Crippen LogP contribution < -0.4 is 0 Å². The second kappa shape index (κ2) is 5.14. The van der Waals surface area contributed by atoms with Crippen molar-refractivity contribution < 1.29 is 9.59 Å². The standard InChI is InChI=1S/C15H26N2O2/c1-5-11-13(18)16-9-7-6-8-12(16)14(19)17(11)10-15(2,3)4/h11-12H,5-10H2,1-4H3. The van der Waals surface area contributed by atoms with Crippen LogP contribution in [0.2, 0.25) is 0 Å². The highest BCUT2D eigenvalue weighted by Gasteiger charge is 2.46. The predicted octanol–water partition coefficient (Wildman–Crippen LogP) is 2.03. The van der Waals surface area contributed by atoms with Crippen LogP contribution in [-0.2, 0) is 9.59 Å². The molecule has 2 heterocycles. The van der Waals surface area contributed by atoms with E-state index in [0.717, 1.165) is 25.8 Å². The Balaban J connectivity index is 2.25. The molecule has 0 aromatic carbocycles. The number of amides is 2. The van der Waals surface area contributed by atoms with Crippen LogP contribution in [0.4, 0.5) is 0 Å². The molecule has 0 radical (unpaired) electrons. The number of nitrogens with zero attached hydrogens (tertiary/aromatic N) is 2. The van der Waals surface area contributed by atoms with Gasteiger partial charge >= 0.3 is 0 Å². The number of carbonyl (C=O) groups is 2. The van der Waals surface area contributed by atoms with Crippen LogP contribution in [0.15, 0.2) is 0 Å². The molecule has 108 valence electrons. The van der Waals surface area contributed by atoms with Gasteiger partial charge in [0.15, 0.2) is 0 Å². The molecular formula is C15H26N2O2. The van der Waals surface area contributed by atoms with Crippen molar-refractivity contribution in [1.29, 1.82) is 0 Å². The van der Waals surface area contributed by atoms with Gasteiger partial charge in [-0.15, -0.1) is 0 Å². The van der Waals surface area contributed by atoms with Gasteiger partial charge in [0.25, 0.3) is 0 Å². The summed E-state index contributed by atoms with van der Waals surface area (Å²) in [6.45, 7) is 9.77. The van der Waals surface area contributed by atoms with Crippen LogP contribution in [0.1, 0.15) is 53.4 Å². The Morgan fingerprint density at radius 1 is 1.16 bits per heavy atom. The van der Waals surface area contributed by atoms with Gasteiger partial charge in [-0.3, -0.25) is 9.59 Å². The van der Waals surface area contributed by atoms with Crippen LogP contribution in [0.25, 0.3) is 0 Å². The number of piperidine rings is 1. The SMILES string of the molecule is CCC1C(=O)N2CCCCC2C(=O)N1CC(C)(C)C. The Labute approximate surface area is 116 Å². The molecule has 2 rings (SSSR count). The summed E-state index contributed by atoms with van der Waals surface area (Å²) in [5.74, 6) is 0.331. The van der Waals surface area contributed by atoms with E-state index >= 15 is 0 Å². The Kier molecular flexibility index (Phi) is 3.88. The molecule has 2 aliphatic rings. The fraction of sp³-hybridized carbons (Fsp3) is 0.867. The van der Waals surface area contributed by atoms with Gasteiger partial charge in [-0.05, 0) is 31.1 Å². The van der Waals surface area contributed by atoms with E-state index in [1.165, 1.54) is 0 Å². The monoisotopic (exact) mass is 266 g/mol. The van der Waals surface area contributed by atoms with E-state index in [9.17, 15) is 9.59 Å². The molecule has 0 N–H and O–H groups in total. The molecule has 0 saturated carbocycles. The zero-order chi connectivity index (χ0) is 14.2. The van der Waals surface area contributed by atoms with Crippen LogP contribution in [0.5, 0.6) is 0 Å². The van der Waals surface area contributed by atoms with E-state index < -0.39 is 0 Å². The van der Waals surface area contributed by atoms with Crippen molar-refractivity contribution in [3.63, 3.8) is 0 Å². The highest BCUT2D eigenvalue weighted by molar-refractivity contribution is 5.97. The van der Waals surface area contributed by atoms with Crippen molar-refractivity contribution >= 4 is 11.8 Å². The van der Waals surface area contributed by atoms with Crippen LogP contribution in [0.3, 0.4) is 0 Å². The van der Waals surface area contributed by atoms with Crippen molar-refractivity contribution in [1.82, 2.24) is 9.80 Å². The summed E-state index contributed by atoms with van der Waals surface area (Å²) >= 11 is 0. The van der Waals surface area contributed by atoms with Crippen molar-refractivity contribution in [3.05, 3.63) is 0 Å². The van der Waals surface area contributed by atoms with E-state index in [4.69, 9.17) is 0 Å². The molecule has 2 unspecified atom stereocenters. The molecule has 2 atom stereocenters. The summed E-state index contributed by atoms with van der Waals surface area (Å²) in [6, 6.07) is -0.438. The number of hydrogen-bond donors (Lipinski definition) is 0. The average molecular weight is 266 g/mol. The minimum Gasteiger partial charge on any atom is -0.329 e. The number of carbonyl (C=O) groups excluding carboxylic acids is 2. The second-order valence-corrected chi connectivity index (χ2v) is 6.99. The topological polar surface area (TPSA) is 40.6 Å². The smallest absolute Gasteiger partial charge is 0.246 e. The lowest BCUT2D eigenvalue weighted by molar-refractivity contribution is -0.165. The number of rotatable bonds is 2. The molecule has 2 fully saturated rings. The Hall–Kier alpha value is -1.06. The largest absolute Gasteiger partial charge is 0.329 e. The molecule has 2 amide bonds. The maximum atomic E-state index is 12.7. The first-order valence-electron chi connectivity index (χ1n) is 7.46. The van der Waals surface area contributed by atoms with Crippen LogP contribution in [0, 0.1) is 5.41 Å². The van der Waals surface area contributed by atoms with Crippen molar-refractivity contribution in [2.75, 3.05) is 13.1 Å². The fourth-order valence-electron chi connectivity index (χ4n) is 3.22. The van der Waals surface area contributed by atoms with E-state index in [-0.39, 0.29) is 29.3 Å². The zero-order valence-corrected chi connectivity index (χ0v) is 12.6. The van der Waals surface area contributed by atoms with Crippen molar-refractivity contribution in [2.45, 2.75) is 65.5 Å². The van der Waals surface area contributed by atoms with Gasteiger partial charge in [0.05, 0.1) is 0 Å². The Bertz CT molecular complexity index is 373. The molecule has 2 aliphatic heterocycles. The first-order chi connectivity index (χ1) is 8.85. The van der Waals surface area contributed by atoms with Gasteiger partial charge in [-0.1, -0.05) is 27.7 Å². The molecule has 2 saturated heterocycles. The predicted molar refractivity (Wildman–Crippen MR) is 74.6 cm³/mol. The summed E-state index contributed by atoms with van der Waals surface area (Å²) in [6.07, 6.45) is 3.64. The highest BCUT2D eigenvalue weighted by atomic mass is 16.2. The molecule has 0 bridgehead atoms. The van der Waals surface area contributed by atoms with Crippen molar-refractivity contribution in [2.24, 2.45) is 5.41 Å². The minimum absolute atomic E-state index is 0.0280. The number of hydrogen-bond acceptors (Lipinski definition) is 2. The maximum absolute atomic E-state index is 12.7. The lowest BCUT2D eigenvalue weighted by Gasteiger charge is -2.48. The third-order valence-electron chi connectivity index (χ3n) is 4.05. The number of fused-ring (bicyclic) bond motifs is 1. The minimum atomic E-state index is -0.249. The fourth-order valence-corrected chi connectivity index (χ4v) is 3.22. The lowest BCUT2D eigenvalue weighted by Crippen LogP contribution is -2.66. The van der Waals surface area contributed by atoms with Gasteiger partial charge in [0.1, 0.15) is 12.1 Å². The quantitative estimate of drug-likeness (QED) is 0.767. The second-order valence-electron chi connectivity index (χ2n) is 6.99. The first kappa shape index (κ1) is 14.4. The first-order valence-corrected chi connectivity index (χ1v) is 7.46. The van der Waals surface area contributed by atoms with E-state index in [2.05, 4.69) is 20.8 Å². The normalized spacial score (nSPS) is 28.6. The Morgan fingerprint density at radius 2 is 1.84 bits per heavy atom. The van der Waals surface area contributed by atoms with Gasteiger partial charge in [-0.2, -0.15) is 0 Å². The van der Waals surface area contributed by atoms with Crippen LogP contribution in [-0.4, -0.2) is 46.8 Å². The summed E-state index contributed by atoms with van der Waals surface area (Å²) in [5.41, 5.74) is 0.0280. The van der Waals surface area contributed by atoms with E-state index in [1.54, 1.807) is 0 Å². The molecule has 0 aromatic rings. The lowest BCUT2D eigenvalue weighted by atomic mass is 9.90. The van der Waals surface area contributed by atoms with Gasteiger partial charge < -0.3 is 9.80 Å². The highest BCUT2D eigenvalue weighted by Crippen LogP contribution is 2.29. The van der Waals surface area contributed by atoms with Gasteiger partial charge in [-0.25, -0.2) is 0 Å². The zero-order valence-electron chi connectivity index (χ0n) is 12.6. The molecule has 4 heteroatoms. The van der Waals surface area contributed by atoms with E-state index in [0.29, 0.717) is 13.0 Å². The van der Waals surface area contributed by atoms with Gasteiger partial charge in [0.2, 0.25) is 11.8 Å². The summed E-state index contributed by atoms with van der Waals surface area (Å²) in [5, 5.41) is 0. The third-order valence-corrected chi connectivity index (χ3v) is 4.05. The molecular weight excluding hydrogens is 240 g/mol. The average Bonchev–Trinajstić information content (AvgIpc) is 2.35.